The van der Waals surface area contributed by atoms with Crippen LogP contribution in [0, 0.1) is 17.0 Å². The first-order chi connectivity index (χ1) is 13.4. The van der Waals surface area contributed by atoms with Crippen LogP contribution in [0.5, 0.6) is 0 Å². The third-order valence-corrected chi connectivity index (χ3v) is 4.65. The fourth-order valence-electron chi connectivity index (χ4n) is 2.37. The second-order valence-electron chi connectivity index (χ2n) is 5.78. The first kappa shape index (κ1) is 19.2. The molecule has 1 heterocycles. The highest BCUT2D eigenvalue weighted by Gasteiger charge is 2.16. The van der Waals surface area contributed by atoms with Crippen LogP contribution in [-0.4, -0.2) is 28.4 Å². The van der Waals surface area contributed by atoms with Crippen molar-refractivity contribution in [3.63, 3.8) is 0 Å². The smallest absolute Gasteiger partial charge is 0.358 e. The molecule has 142 valence electrons. The number of amides is 1. The molecule has 1 aromatic heterocycles. The summed E-state index contributed by atoms with van der Waals surface area (Å²) >= 11 is 1.31. The van der Waals surface area contributed by atoms with Crippen LogP contribution in [0.2, 0.25) is 0 Å². The molecule has 1 N–H and O–H groups in total. The molecule has 0 atom stereocenters. The molecule has 9 heteroatoms. The second kappa shape index (κ2) is 8.40. The number of rotatable bonds is 6. The molecule has 0 saturated heterocycles. The number of nitro groups is 1. The molecule has 0 aliphatic carbocycles. The summed E-state index contributed by atoms with van der Waals surface area (Å²) in [5.41, 5.74) is 1.88. The van der Waals surface area contributed by atoms with Gasteiger partial charge < -0.3 is 10.1 Å². The summed E-state index contributed by atoms with van der Waals surface area (Å²) in [6.45, 7) is 1.14. The van der Waals surface area contributed by atoms with Crippen molar-refractivity contribution in [1.82, 2.24) is 4.98 Å². The van der Waals surface area contributed by atoms with Gasteiger partial charge in [-0.3, -0.25) is 14.9 Å². The standard InChI is InChI=1S/C19H15N3O5S/c1-12-9-14(22(25)26)7-8-15(12)20-17(23)10-27-19(24)16-11-28-18(21-16)13-5-3-2-4-6-13/h2-9,11H,10H2,1H3,(H,20,23). The molecule has 1 amide bonds. The molecule has 8 nitrogen and oxygen atoms in total. The molecule has 0 bridgehead atoms. The van der Waals surface area contributed by atoms with E-state index in [4.69, 9.17) is 4.74 Å². The third kappa shape index (κ3) is 4.57. The number of nitro benzene ring substituents is 1. The Hall–Kier alpha value is -3.59. The maximum Gasteiger partial charge on any atom is 0.358 e. The molecule has 0 spiro atoms. The lowest BCUT2D eigenvalue weighted by Crippen LogP contribution is -2.21. The summed E-state index contributed by atoms with van der Waals surface area (Å²) in [7, 11) is 0. The lowest BCUT2D eigenvalue weighted by Gasteiger charge is -2.08. The Morgan fingerprint density at radius 1 is 1.21 bits per heavy atom. The molecule has 3 rings (SSSR count). The number of ether oxygens (including phenoxy) is 1. The zero-order valence-electron chi connectivity index (χ0n) is 14.7. The minimum atomic E-state index is -0.700. The number of aromatic nitrogens is 1. The van der Waals surface area contributed by atoms with Crippen LogP contribution >= 0.6 is 11.3 Å². The Bertz CT molecular complexity index is 1030. The number of hydrogen-bond donors (Lipinski definition) is 1. The first-order valence-electron chi connectivity index (χ1n) is 8.17. The van der Waals surface area contributed by atoms with E-state index in [0.717, 1.165) is 5.56 Å². The van der Waals surface area contributed by atoms with Crippen LogP contribution in [0.15, 0.2) is 53.9 Å². The van der Waals surface area contributed by atoms with E-state index in [1.807, 2.05) is 30.3 Å². The third-order valence-electron chi connectivity index (χ3n) is 3.76. The van der Waals surface area contributed by atoms with Gasteiger partial charge in [0.15, 0.2) is 12.3 Å². The molecule has 0 unspecified atom stereocenters. The summed E-state index contributed by atoms with van der Waals surface area (Å²) in [4.78, 5) is 38.6. The van der Waals surface area contributed by atoms with E-state index >= 15 is 0 Å². The van der Waals surface area contributed by atoms with E-state index in [1.165, 1.54) is 29.5 Å². The Morgan fingerprint density at radius 2 is 1.96 bits per heavy atom. The average Bonchev–Trinajstić information content (AvgIpc) is 3.18. The number of carbonyl (C=O) groups is 2. The molecular formula is C19H15N3O5S. The molecular weight excluding hydrogens is 382 g/mol. The molecule has 2 aromatic carbocycles. The summed E-state index contributed by atoms with van der Waals surface area (Å²) < 4.78 is 5.00. The number of anilines is 1. The van der Waals surface area contributed by atoms with Crippen molar-refractivity contribution in [2.45, 2.75) is 6.92 Å². The van der Waals surface area contributed by atoms with Crippen molar-refractivity contribution >= 4 is 34.6 Å². The van der Waals surface area contributed by atoms with Crippen LogP contribution in [0.4, 0.5) is 11.4 Å². The van der Waals surface area contributed by atoms with Gasteiger partial charge in [-0.25, -0.2) is 9.78 Å². The largest absolute Gasteiger partial charge is 0.451 e. The SMILES string of the molecule is Cc1cc([N+](=O)[O-])ccc1NC(=O)COC(=O)c1csc(-c2ccccc2)n1. The first-order valence-corrected chi connectivity index (χ1v) is 9.05. The maximum absolute atomic E-state index is 12.1. The number of non-ortho nitro benzene ring substituents is 1. The molecule has 0 aliphatic heterocycles. The van der Waals surface area contributed by atoms with E-state index in [1.54, 1.807) is 12.3 Å². The maximum atomic E-state index is 12.1. The molecule has 0 fully saturated rings. The lowest BCUT2D eigenvalue weighted by atomic mass is 10.2. The van der Waals surface area contributed by atoms with Gasteiger partial charge >= 0.3 is 5.97 Å². The zero-order chi connectivity index (χ0) is 20.1. The van der Waals surface area contributed by atoms with Gasteiger partial charge in [0.25, 0.3) is 11.6 Å². The predicted octanol–water partition coefficient (Wildman–Crippen LogP) is 3.82. The Kier molecular flexibility index (Phi) is 5.75. The summed E-state index contributed by atoms with van der Waals surface area (Å²) in [5.74, 6) is -1.25. The minimum absolute atomic E-state index is 0.0697. The van der Waals surface area contributed by atoms with E-state index in [9.17, 15) is 19.7 Å². The van der Waals surface area contributed by atoms with Crippen molar-refractivity contribution in [1.29, 1.82) is 0 Å². The molecule has 0 aliphatic rings. The quantitative estimate of drug-likeness (QED) is 0.384. The fourth-order valence-corrected chi connectivity index (χ4v) is 3.17. The van der Waals surface area contributed by atoms with Crippen molar-refractivity contribution < 1.29 is 19.2 Å². The van der Waals surface area contributed by atoms with Crippen LogP contribution in [0.1, 0.15) is 16.1 Å². The monoisotopic (exact) mass is 397 g/mol. The number of esters is 1. The lowest BCUT2D eigenvalue weighted by molar-refractivity contribution is -0.384. The van der Waals surface area contributed by atoms with Crippen LogP contribution in [0.25, 0.3) is 10.6 Å². The van der Waals surface area contributed by atoms with E-state index in [2.05, 4.69) is 10.3 Å². The van der Waals surface area contributed by atoms with Crippen molar-refractivity contribution in [3.05, 3.63) is 75.3 Å². The van der Waals surface area contributed by atoms with Gasteiger partial charge in [0.05, 0.1) is 4.92 Å². The van der Waals surface area contributed by atoms with Crippen molar-refractivity contribution in [2.75, 3.05) is 11.9 Å². The number of nitrogens with zero attached hydrogens (tertiary/aromatic N) is 2. The Morgan fingerprint density at radius 3 is 2.64 bits per heavy atom. The van der Waals surface area contributed by atoms with Gasteiger partial charge in [0, 0.05) is 28.8 Å². The highest BCUT2D eigenvalue weighted by Crippen LogP contribution is 2.24. The van der Waals surface area contributed by atoms with Gasteiger partial charge in [-0.05, 0) is 18.6 Å². The minimum Gasteiger partial charge on any atom is -0.451 e. The summed E-state index contributed by atoms with van der Waals surface area (Å²) in [5, 5.41) is 15.6. The van der Waals surface area contributed by atoms with Gasteiger partial charge in [-0.2, -0.15) is 0 Å². The predicted molar refractivity (Wildman–Crippen MR) is 104 cm³/mol. The highest BCUT2D eigenvalue weighted by molar-refractivity contribution is 7.13. The fraction of sp³-hybridized carbons (Fsp3) is 0.105. The van der Waals surface area contributed by atoms with Crippen molar-refractivity contribution in [2.24, 2.45) is 0 Å². The van der Waals surface area contributed by atoms with E-state index in [0.29, 0.717) is 16.3 Å². The number of aryl methyl sites for hydroxylation is 1. The van der Waals surface area contributed by atoms with Gasteiger partial charge in [-0.1, -0.05) is 30.3 Å². The molecule has 28 heavy (non-hydrogen) atoms. The topological polar surface area (TPSA) is 111 Å². The van der Waals surface area contributed by atoms with Gasteiger partial charge in [0.2, 0.25) is 0 Å². The van der Waals surface area contributed by atoms with Crippen molar-refractivity contribution in [3.8, 4) is 10.6 Å². The molecule has 0 saturated carbocycles. The number of benzene rings is 2. The van der Waals surface area contributed by atoms with E-state index < -0.39 is 23.4 Å². The molecule has 3 aromatic rings. The van der Waals surface area contributed by atoms with Crippen LogP contribution in [0.3, 0.4) is 0 Å². The number of hydrogen-bond acceptors (Lipinski definition) is 7. The summed E-state index contributed by atoms with van der Waals surface area (Å²) in [6, 6.07) is 13.5. The zero-order valence-corrected chi connectivity index (χ0v) is 15.6. The van der Waals surface area contributed by atoms with Gasteiger partial charge in [0.1, 0.15) is 5.01 Å². The molecule has 0 radical (unpaired) electrons. The highest BCUT2D eigenvalue weighted by atomic mass is 32.1. The Labute approximate surface area is 164 Å². The van der Waals surface area contributed by atoms with E-state index in [-0.39, 0.29) is 11.4 Å². The average molecular weight is 397 g/mol. The van der Waals surface area contributed by atoms with Crippen LogP contribution < -0.4 is 5.32 Å². The van der Waals surface area contributed by atoms with Crippen LogP contribution in [-0.2, 0) is 9.53 Å². The van der Waals surface area contributed by atoms with Gasteiger partial charge in [-0.15, -0.1) is 11.3 Å². The number of thiazole rings is 1. The normalized spacial score (nSPS) is 10.3. The number of nitrogens with one attached hydrogen (secondary N) is 1. The Balaban J connectivity index is 1.57. The number of carbonyl (C=O) groups excluding carboxylic acids is 2. The second-order valence-corrected chi connectivity index (χ2v) is 6.64. The summed E-state index contributed by atoms with van der Waals surface area (Å²) in [6.07, 6.45) is 0.